The zero-order valence-electron chi connectivity index (χ0n) is 13.3. The first-order valence-corrected chi connectivity index (χ1v) is 7.55. The molecule has 3 unspecified atom stereocenters. The van der Waals surface area contributed by atoms with Crippen LogP contribution in [0.1, 0.15) is 48.2 Å². The number of aliphatic hydroxyl groups excluding tert-OH is 1. The van der Waals surface area contributed by atoms with Crippen LogP contribution in [-0.4, -0.2) is 11.1 Å². The summed E-state index contributed by atoms with van der Waals surface area (Å²) in [6, 6.07) is 16.7. The number of hydrogen-bond donors (Lipinski definition) is 2. The molecule has 0 spiro atoms. The Balaban J connectivity index is 2.05. The van der Waals surface area contributed by atoms with Crippen LogP contribution in [0.2, 0.25) is 0 Å². The van der Waals surface area contributed by atoms with Gasteiger partial charge in [-0.3, -0.25) is 0 Å². The van der Waals surface area contributed by atoms with E-state index in [1.54, 1.807) is 0 Å². The van der Waals surface area contributed by atoms with Gasteiger partial charge in [-0.05, 0) is 49.9 Å². The summed E-state index contributed by atoms with van der Waals surface area (Å²) >= 11 is 0. The minimum absolute atomic E-state index is 0.0117. The van der Waals surface area contributed by atoms with Crippen LogP contribution >= 0.6 is 0 Å². The standard InChI is InChI=1S/C19H25NO/c1-13-10-11-18(12-14(13)2)19(21)16(4)20-15(3)17-8-6-5-7-9-17/h5-12,15-16,19-21H,1-4H3. The first-order valence-electron chi connectivity index (χ1n) is 7.55. The maximum absolute atomic E-state index is 10.5. The molecule has 2 aromatic carbocycles. The molecule has 3 atom stereocenters. The van der Waals surface area contributed by atoms with Gasteiger partial charge in [-0.1, -0.05) is 48.5 Å². The van der Waals surface area contributed by atoms with E-state index in [0.717, 1.165) is 5.56 Å². The Morgan fingerprint density at radius 2 is 1.52 bits per heavy atom. The van der Waals surface area contributed by atoms with Gasteiger partial charge in [0.2, 0.25) is 0 Å². The zero-order valence-corrected chi connectivity index (χ0v) is 13.3. The van der Waals surface area contributed by atoms with Crippen molar-refractivity contribution in [2.24, 2.45) is 0 Å². The fraction of sp³-hybridized carbons (Fsp3) is 0.368. The van der Waals surface area contributed by atoms with E-state index in [1.807, 2.05) is 31.2 Å². The van der Waals surface area contributed by atoms with Crippen molar-refractivity contribution < 1.29 is 5.11 Å². The summed E-state index contributed by atoms with van der Waals surface area (Å²) in [6.07, 6.45) is -0.504. The van der Waals surface area contributed by atoms with Crippen molar-refractivity contribution in [3.05, 3.63) is 70.8 Å². The zero-order chi connectivity index (χ0) is 15.4. The van der Waals surface area contributed by atoms with Gasteiger partial charge in [-0.15, -0.1) is 0 Å². The van der Waals surface area contributed by atoms with Gasteiger partial charge in [0.25, 0.3) is 0 Å². The largest absolute Gasteiger partial charge is 0.387 e. The van der Waals surface area contributed by atoms with E-state index in [1.165, 1.54) is 16.7 Å². The Kier molecular flexibility index (Phi) is 5.16. The molecule has 0 fully saturated rings. The Morgan fingerprint density at radius 3 is 2.14 bits per heavy atom. The minimum Gasteiger partial charge on any atom is -0.387 e. The molecule has 0 aliphatic heterocycles. The van der Waals surface area contributed by atoms with Crippen molar-refractivity contribution in [2.75, 3.05) is 0 Å². The summed E-state index contributed by atoms with van der Waals surface area (Å²) in [5, 5.41) is 14.0. The van der Waals surface area contributed by atoms with Crippen LogP contribution in [0, 0.1) is 13.8 Å². The third-order valence-corrected chi connectivity index (χ3v) is 4.16. The number of aliphatic hydroxyl groups is 1. The summed E-state index contributed by atoms with van der Waals surface area (Å²) in [7, 11) is 0. The van der Waals surface area contributed by atoms with E-state index >= 15 is 0 Å². The van der Waals surface area contributed by atoms with Crippen molar-refractivity contribution in [1.82, 2.24) is 5.32 Å². The van der Waals surface area contributed by atoms with Crippen LogP contribution in [0.25, 0.3) is 0 Å². The van der Waals surface area contributed by atoms with E-state index in [0.29, 0.717) is 0 Å². The molecule has 0 bridgehead atoms. The van der Waals surface area contributed by atoms with Crippen LogP contribution in [0.5, 0.6) is 0 Å². The van der Waals surface area contributed by atoms with Gasteiger partial charge in [0.15, 0.2) is 0 Å². The maximum Gasteiger partial charge on any atom is 0.0940 e. The van der Waals surface area contributed by atoms with Crippen LogP contribution in [0.4, 0.5) is 0 Å². The van der Waals surface area contributed by atoms with Gasteiger partial charge in [-0.25, -0.2) is 0 Å². The monoisotopic (exact) mass is 283 g/mol. The Bertz CT molecular complexity index is 579. The van der Waals surface area contributed by atoms with E-state index < -0.39 is 6.10 Å². The number of hydrogen-bond acceptors (Lipinski definition) is 2. The van der Waals surface area contributed by atoms with Crippen molar-refractivity contribution in [3.8, 4) is 0 Å². The van der Waals surface area contributed by atoms with Gasteiger partial charge in [0.1, 0.15) is 0 Å². The fourth-order valence-corrected chi connectivity index (χ4v) is 2.56. The molecule has 0 aliphatic carbocycles. The van der Waals surface area contributed by atoms with Crippen molar-refractivity contribution in [2.45, 2.75) is 45.9 Å². The molecule has 0 saturated carbocycles. The van der Waals surface area contributed by atoms with Crippen LogP contribution in [0.3, 0.4) is 0 Å². The van der Waals surface area contributed by atoms with Crippen molar-refractivity contribution in [1.29, 1.82) is 0 Å². The highest BCUT2D eigenvalue weighted by atomic mass is 16.3. The normalized spacial score (nSPS) is 15.5. The van der Waals surface area contributed by atoms with Crippen LogP contribution < -0.4 is 5.32 Å². The molecule has 2 nitrogen and oxygen atoms in total. The number of aryl methyl sites for hydroxylation is 2. The third kappa shape index (κ3) is 3.93. The van der Waals surface area contributed by atoms with E-state index in [9.17, 15) is 5.11 Å². The highest BCUT2D eigenvalue weighted by molar-refractivity contribution is 5.31. The first kappa shape index (κ1) is 15.7. The van der Waals surface area contributed by atoms with Crippen molar-refractivity contribution in [3.63, 3.8) is 0 Å². The van der Waals surface area contributed by atoms with Crippen LogP contribution in [0.15, 0.2) is 48.5 Å². The number of benzene rings is 2. The minimum atomic E-state index is -0.504. The molecule has 2 rings (SSSR count). The van der Waals surface area contributed by atoms with Gasteiger partial charge in [-0.2, -0.15) is 0 Å². The lowest BCUT2D eigenvalue weighted by Gasteiger charge is -2.25. The molecule has 0 aromatic heterocycles. The SMILES string of the molecule is Cc1ccc(C(O)C(C)NC(C)c2ccccc2)cc1C. The smallest absolute Gasteiger partial charge is 0.0940 e. The van der Waals surface area contributed by atoms with E-state index in [4.69, 9.17) is 0 Å². The Labute approximate surface area is 127 Å². The molecule has 0 saturated heterocycles. The van der Waals surface area contributed by atoms with Crippen LogP contribution in [-0.2, 0) is 0 Å². The third-order valence-electron chi connectivity index (χ3n) is 4.16. The van der Waals surface area contributed by atoms with Gasteiger partial charge < -0.3 is 10.4 Å². The summed E-state index contributed by atoms with van der Waals surface area (Å²) in [4.78, 5) is 0. The molecule has 112 valence electrons. The topological polar surface area (TPSA) is 32.3 Å². The lowest BCUT2D eigenvalue weighted by atomic mass is 9.98. The first-order chi connectivity index (χ1) is 9.99. The van der Waals surface area contributed by atoms with Crippen molar-refractivity contribution >= 4 is 0 Å². The molecule has 0 radical (unpaired) electrons. The second-order valence-electron chi connectivity index (χ2n) is 5.88. The molecule has 21 heavy (non-hydrogen) atoms. The number of rotatable bonds is 5. The second-order valence-corrected chi connectivity index (χ2v) is 5.88. The molecule has 2 heteroatoms. The molecular weight excluding hydrogens is 258 g/mol. The quantitative estimate of drug-likeness (QED) is 0.866. The summed E-state index contributed by atoms with van der Waals surface area (Å²) in [5.74, 6) is 0. The number of nitrogens with one attached hydrogen (secondary N) is 1. The molecule has 2 N–H and O–H groups in total. The molecule has 0 aliphatic rings. The highest BCUT2D eigenvalue weighted by Gasteiger charge is 2.19. The lowest BCUT2D eigenvalue weighted by Crippen LogP contribution is -2.34. The summed E-state index contributed by atoms with van der Waals surface area (Å²) in [6.45, 7) is 8.32. The summed E-state index contributed by atoms with van der Waals surface area (Å²) < 4.78 is 0. The summed E-state index contributed by atoms with van der Waals surface area (Å²) in [5.41, 5.74) is 4.68. The van der Waals surface area contributed by atoms with Gasteiger partial charge in [0.05, 0.1) is 6.10 Å². The van der Waals surface area contributed by atoms with E-state index in [2.05, 4.69) is 50.4 Å². The molecule has 2 aromatic rings. The van der Waals surface area contributed by atoms with Gasteiger partial charge in [0, 0.05) is 12.1 Å². The second kappa shape index (κ2) is 6.88. The predicted molar refractivity (Wildman–Crippen MR) is 88.3 cm³/mol. The maximum atomic E-state index is 10.5. The lowest BCUT2D eigenvalue weighted by molar-refractivity contribution is 0.130. The highest BCUT2D eigenvalue weighted by Crippen LogP contribution is 2.22. The molecule has 0 amide bonds. The Morgan fingerprint density at radius 1 is 0.857 bits per heavy atom. The predicted octanol–water partition coefficient (Wildman–Crippen LogP) is 4.08. The van der Waals surface area contributed by atoms with Gasteiger partial charge >= 0.3 is 0 Å². The fourth-order valence-electron chi connectivity index (χ4n) is 2.56. The average molecular weight is 283 g/mol. The van der Waals surface area contributed by atoms with E-state index in [-0.39, 0.29) is 12.1 Å². The average Bonchev–Trinajstić information content (AvgIpc) is 2.50. The molecule has 0 heterocycles. The molecular formula is C19H25NO. The Hall–Kier alpha value is -1.64.